The lowest BCUT2D eigenvalue weighted by Gasteiger charge is -2.24. The maximum atomic E-state index is 13.3. The van der Waals surface area contributed by atoms with E-state index in [0.717, 1.165) is 12.8 Å². The molecule has 0 radical (unpaired) electrons. The molecule has 1 aromatic carbocycles. The van der Waals surface area contributed by atoms with E-state index in [-0.39, 0.29) is 23.7 Å². The third-order valence-corrected chi connectivity index (χ3v) is 5.86. The molecule has 1 amide bonds. The van der Waals surface area contributed by atoms with Gasteiger partial charge in [-0.05, 0) is 43.9 Å². The molecule has 2 heterocycles. The standard InChI is InChI=1S/C25H28F3N5O3/c1-16(12-13-26)23(34)33(14-5-3-4-9-20-29-24(36-31-20)25(2,27)28)19-8-6-7-18(15-19)22-30-21(32-35-22)17-10-11-17/h6-8,15,17H,1,3-5,9-14H2,2H3. The Kier molecular flexibility index (Phi) is 7.85. The van der Waals surface area contributed by atoms with Crippen molar-refractivity contribution in [1.29, 1.82) is 0 Å². The number of halogens is 3. The number of nitrogens with zero attached hydrogens (tertiary/aromatic N) is 5. The fourth-order valence-electron chi connectivity index (χ4n) is 3.69. The molecule has 0 atom stereocenters. The van der Waals surface area contributed by atoms with Gasteiger partial charge in [0.05, 0.1) is 6.67 Å². The summed E-state index contributed by atoms with van der Waals surface area (Å²) >= 11 is 0. The lowest BCUT2D eigenvalue weighted by Crippen LogP contribution is -2.33. The van der Waals surface area contributed by atoms with Gasteiger partial charge in [-0.15, -0.1) is 0 Å². The Morgan fingerprint density at radius 2 is 1.97 bits per heavy atom. The number of alkyl halides is 3. The van der Waals surface area contributed by atoms with Gasteiger partial charge in [-0.25, -0.2) is 0 Å². The first-order valence-corrected chi connectivity index (χ1v) is 12.0. The average Bonchev–Trinajstić information content (AvgIpc) is 3.37. The van der Waals surface area contributed by atoms with Gasteiger partial charge < -0.3 is 13.9 Å². The molecule has 0 aliphatic heterocycles. The van der Waals surface area contributed by atoms with Gasteiger partial charge in [0.1, 0.15) is 0 Å². The number of hydrogen-bond donors (Lipinski definition) is 0. The van der Waals surface area contributed by atoms with Crippen LogP contribution in [0.4, 0.5) is 18.9 Å². The van der Waals surface area contributed by atoms with Crippen molar-refractivity contribution in [2.75, 3.05) is 18.1 Å². The number of rotatable bonds is 13. The molecule has 0 bridgehead atoms. The summed E-state index contributed by atoms with van der Waals surface area (Å²) in [6.07, 6.45) is 4.34. The Morgan fingerprint density at radius 3 is 2.67 bits per heavy atom. The van der Waals surface area contributed by atoms with Crippen molar-refractivity contribution >= 4 is 11.6 Å². The minimum Gasteiger partial charge on any atom is -0.334 e. The van der Waals surface area contributed by atoms with Gasteiger partial charge in [-0.3, -0.25) is 9.18 Å². The summed E-state index contributed by atoms with van der Waals surface area (Å²) in [6.45, 7) is 4.13. The van der Waals surface area contributed by atoms with Crippen LogP contribution in [0.2, 0.25) is 0 Å². The van der Waals surface area contributed by atoms with E-state index in [9.17, 15) is 18.0 Å². The van der Waals surface area contributed by atoms with Crippen molar-refractivity contribution in [1.82, 2.24) is 20.3 Å². The van der Waals surface area contributed by atoms with Crippen LogP contribution in [0, 0.1) is 0 Å². The third-order valence-electron chi connectivity index (χ3n) is 5.86. The van der Waals surface area contributed by atoms with Crippen LogP contribution in [-0.4, -0.2) is 39.4 Å². The molecule has 192 valence electrons. The van der Waals surface area contributed by atoms with Crippen LogP contribution in [0.5, 0.6) is 0 Å². The van der Waals surface area contributed by atoms with Crippen molar-refractivity contribution in [2.45, 2.75) is 63.7 Å². The van der Waals surface area contributed by atoms with Crippen molar-refractivity contribution in [3.05, 3.63) is 54.0 Å². The van der Waals surface area contributed by atoms with E-state index in [0.29, 0.717) is 68.0 Å². The zero-order chi connectivity index (χ0) is 25.7. The maximum Gasteiger partial charge on any atom is 0.322 e. The number of amides is 1. The number of carbonyl (C=O) groups excluding carboxylic acids is 1. The van der Waals surface area contributed by atoms with Crippen LogP contribution in [0.15, 0.2) is 45.5 Å². The van der Waals surface area contributed by atoms with Crippen LogP contribution >= 0.6 is 0 Å². The zero-order valence-electron chi connectivity index (χ0n) is 20.1. The highest BCUT2D eigenvalue weighted by molar-refractivity contribution is 6.05. The number of benzene rings is 1. The summed E-state index contributed by atoms with van der Waals surface area (Å²) in [4.78, 5) is 22.8. The third kappa shape index (κ3) is 6.38. The molecule has 3 aromatic rings. The van der Waals surface area contributed by atoms with E-state index in [2.05, 4.69) is 31.4 Å². The summed E-state index contributed by atoms with van der Waals surface area (Å²) in [5, 5.41) is 7.64. The van der Waals surface area contributed by atoms with E-state index in [1.54, 1.807) is 23.1 Å². The predicted octanol–water partition coefficient (Wildman–Crippen LogP) is 5.77. The largest absolute Gasteiger partial charge is 0.334 e. The van der Waals surface area contributed by atoms with Crippen LogP contribution in [0.25, 0.3) is 11.5 Å². The Bertz CT molecular complexity index is 1200. The second-order valence-electron chi connectivity index (χ2n) is 9.00. The second kappa shape index (κ2) is 11.0. The molecule has 1 fully saturated rings. The molecule has 8 nitrogen and oxygen atoms in total. The molecule has 1 aliphatic rings. The summed E-state index contributed by atoms with van der Waals surface area (Å²) in [7, 11) is 0. The highest BCUT2D eigenvalue weighted by Crippen LogP contribution is 2.39. The minimum atomic E-state index is -3.18. The molecule has 2 aromatic heterocycles. The Balaban J connectivity index is 1.40. The minimum absolute atomic E-state index is 0.0499. The van der Waals surface area contributed by atoms with Crippen LogP contribution in [0.1, 0.15) is 68.9 Å². The van der Waals surface area contributed by atoms with Gasteiger partial charge in [0.2, 0.25) is 0 Å². The van der Waals surface area contributed by atoms with Crippen molar-refractivity contribution in [2.24, 2.45) is 0 Å². The van der Waals surface area contributed by atoms with Crippen molar-refractivity contribution in [3.63, 3.8) is 0 Å². The lowest BCUT2D eigenvalue weighted by atomic mass is 10.1. The Labute approximate surface area is 206 Å². The smallest absolute Gasteiger partial charge is 0.322 e. The van der Waals surface area contributed by atoms with Gasteiger partial charge in [0, 0.05) is 49.1 Å². The SMILES string of the molecule is C=C(CCF)C(=O)N(CCCCCc1noc(C(C)(F)F)n1)c1cccc(-c2nc(C3CC3)no2)c1. The maximum absolute atomic E-state index is 13.3. The van der Waals surface area contributed by atoms with Gasteiger partial charge in [-0.2, -0.15) is 18.7 Å². The predicted molar refractivity (Wildman–Crippen MR) is 125 cm³/mol. The molecule has 11 heteroatoms. The summed E-state index contributed by atoms with van der Waals surface area (Å²) in [6, 6.07) is 7.19. The molecule has 4 rings (SSSR count). The molecule has 1 aliphatic carbocycles. The second-order valence-corrected chi connectivity index (χ2v) is 9.00. The molecule has 0 N–H and O–H groups in total. The molecule has 36 heavy (non-hydrogen) atoms. The van der Waals surface area contributed by atoms with Crippen molar-refractivity contribution in [3.8, 4) is 11.5 Å². The van der Waals surface area contributed by atoms with E-state index >= 15 is 0 Å². The van der Waals surface area contributed by atoms with Crippen molar-refractivity contribution < 1.29 is 27.0 Å². The van der Waals surface area contributed by atoms with E-state index < -0.39 is 18.5 Å². The summed E-state index contributed by atoms with van der Waals surface area (Å²) in [5.41, 5.74) is 1.47. The molecule has 1 saturated carbocycles. The fourth-order valence-corrected chi connectivity index (χ4v) is 3.69. The fraction of sp³-hybridized carbons (Fsp3) is 0.480. The van der Waals surface area contributed by atoms with E-state index in [4.69, 9.17) is 4.52 Å². The molecule has 0 unspecified atom stereocenters. The molecular weight excluding hydrogens is 475 g/mol. The van der Waals surface area contributed by atoms with Crippen LogP contribution in [-0.2, 0) is 17.1 Å². The van der Waals surface area contributed by atoms with Gasteiger partial charge in [0.15, 0.2) is 11.6 Å². The highest BCUT2D eigenvalue weighted by atomic mass is 19.3. The number of hydrogen-bond acceptors (Lipinski definition) is 7. The molecule has 0 saturated heterocycles. The quantitative estimate of drug-likeness (QED) is 0.216. The number of aromatic nitrogens is 4. The van der Waals surface area contributed by atoms with Gasteiger partial charge >= 0.3 is 5.92 Å². The average molecular weight is 504 g/mol. The first-order chi connectivity index (χ1) is 17.3. The van der Waals surface area contributed by atoms with E-state index in [1.807, 2.05) is 6.07 Å². The summed E-state index contributed by atoms with van der Waals surface area (Å²) < 4.78 is 49.4. The number of aryl methyl sites for hydroxylation is 1. The number of carbonyl (C=O) groups is 1. The Morgan fingerprint density at radius 1 is 1.17 bits per heavy atom. The number of unbranched alkanes of at least 4 members (excludes halogenated alkanes) is 2. The van der Waals surface area contributed by atoms with Gasteiger partial charge in [0.25, 0.3) is 17.7 Å². The van der Waals surface area contributed by atoms with Gasteiger partial charge in [-0.1, -0.05) is 29.4 Å². The first-order valence-electron chi connectivity index (χ1n) is 12.0. The van der Waals surface area contributed by atoms with E-state index in [1.165, 1.54) is 0 Å². The van der Waals surface area contributed by atoms with Crippen LogP contribution in [0.3, 0.4) is 0 Å². The Hall–Kier alpha value is -3.50. The number of anilines is 1. The lowest BCUT2D eigenvalue weighted by molar-refractivity contribution is -0.115. The van der Waals surface area contributed by atoms with Crippen LogP contribution < -0.4 is 4.90 Å². The topological polar surface area (TPSA) is 98.2 Å². The normalized spacial score (nSPS) is 13.7. The zero-order valence-corrected chi connectivity index (χ0v) is 20.1. The highest BCUT2D eigenvalue weighted by Gasteiger charge is 2.32. The molecule has 0 spiro atoms. The first kappa shape index (κ1) is 25.6. The monoisotopic (exact) mass is 503 g/mol. The molecular formula is C25H28F3N5O3. The summed E-state index contributed by atoms with van der Waals surface area (Å²) in [5.74, 6) is -2.60.